The van der Waals surface area contributed by atoms with Crippen molar-refractivity contribution in [3.8, 4) is 0 Å². The van der Waals surface area contributed by atoms with Gasteiger partial charge in [-0.1, -0.05) is 0 Å². The molecule has 112 valence electrons. The molecular formula is C12H18N2O6. The normalized spacial score (nSPS) is 17.9. The van der Waals surface area contributed by atoms with Gasteiger partial charge < -0.3 is 30.6 Å². The molecule has 1 rings (SSSR count). The minimum Gasteiger partial charge on any atom is -0.516 e. The van der Waals surface area contributed by atoms with Crippen LogP contribution in [0.25, 0.3) is 0 Å². The van der Waals surface area contributed by atoms with Gasteiger partial charge in [-0.15, -0.1) is 0 Å². The van der Waals surface area contributed by atoms with Gasteiger partial charge in [0.1, 0.15) is 18.3 Å². The third kappa shape index (κ3) is 4.51. The van der Waals surface area contributed by atoms with Gasteiger partial charge in [-0.25, -0.2) is 0 Å². The van der Waals surface area contributed by atoms with Gasteiger partial charge in [0.15, 0.2) is 0 Å². The summed E-state index contributed by atoms with van der Waals surface area (Å²) in [6, 6.07) is 0. The molecule has 0 aliphatic heterocycles. The van der Waals surface area contributed by atoms with Crippen LogP contribution in [0.5, 0.6) is 0 Å². The zero-order chi connectivity index (χ0) is 15.1. The molecule has 8 nitrogen and oxygen atoms in total. The highest BCUT2D eigenvalue weighted by atomic mass is 16.4. The maximum atomic E-state index is 9.73. The van der Waals surface area contributed by atoms with E-state index >= 15 is 0 Å². The Morgan fingerprint density at radius 1 is 1.10 bits per heavy atom. The van der Waals surface area contributed by atoms with Crippen molar-refractivity contribution in [2.45, 2.75) is 30.8 Å². The Morgan fingerprint density at radius 2 is 1.80 bits per heavy atom. The third-order valence-corrected chi connectivity index (χ3v) is 2.66. The first kappa shape index (κ1) is 16.5. The molecule has 0 spiro atoms. The van der Waals surface area contributed by atoms with Crippen LogP contribution in [0.3, 0.4) is 0 Å². The van der Waals surface area contributed by atoms with Crippen molar-refractivity contribution in [3.63, 3.8) is 0 Å². The maximum absolute atomic E-state index is 9.73. The van der Waals surface area contributed by atoms with Crippen LogP contribution < -0.4 is 0 Å². The van der Waals surface area contributed by atoms with E-state index in [4.69, 9.17) is 10.2 Å². The monoisotopic (exact) mass is 286 g/mol. The predicted molar refractivity (Wildman–Crippen MR) is 67.6 cm³/mol. The van der Waals surface area contributed by atoms with E-state index < -0.39 is 31.0 Å². The van der Waals surface area contributed by atoms with Crippen molar-refractivity contribution in [2.75, 3.05) is 6.61 Å². The highest BCUT2D eigenvalue weighted by Gasteiger charge is 2.26. The molecule has 0 fully saturated rings. The van der Waals surface area contributed by atoms with E-state index in [-0.39, 0.29) is 12.1 Å². The fourth-order valence-electron chi connectivity index (χ4n) is 1.50. The second-order valence-corrected chi connectivity index (χ2v) is 4.23. The van der Waals surface area contributed by atoms with Gasteiger partial charge >= 0.3 is 0 Å². The van der Waals surface area contributed by atoms with Crippen molar-refractivity contribution in [3.05, 3.63) is 36.1 Å². The van der Waals surface area contributed by atoms with E-state index in [2.05, 4.69) is 9.97 Å². The predicted octanol–water partition coefficient (Wildman–Crippen LogP) is -1.80. The molecule has 0 saturated carbocycles. The highest BCUT2D eigenvalue weighted by Crippen LogP contribution is 2.16. The Balaban J connectivity index is 2.70. The van der Waals surface area contributed by atoms with E-state index in [0.717, 1.165) is 6.26 Å². The van der Waals surface area contributed by atoms with Gasteiger partial charge in [-0.2, -0.15) is 0 Å². The Morgan fingerprint density at radius 3 is 2.30 bits per heavy atom. The lowest BCUT2D eigenvalue weighted by Crippen LogP contribution is -2.35. The van der Waals surface area contributed by atoms with Crippen LogP contribution in [0.4, 0.5) is 0 Å². The molecule has 0 amide bonds. The molecule has 1 aromatic rings. The lowest BCUT2D eigenvalue weighted by molar-refractivity contribution is -0.0790. The number of nitrogens with zero attached hydrogens (tertiary/aromatic N) is 2. The van der Waals surface area contributed by atoms with E-state index in [9.17, 15) is 20.4 Å². The topological polar surface area (TPSA) is 147 Å². The Kier molecular flexibility index (Phi) is 6.49. The first-order chi connectivity index (χ1) is 9.49. The van der Waals surface area contributed by atoms with Gasteiger partial charge in [-0.3, -0.25) is 9.97 Å². The van der Waals surface area contributed by atoms with Crippen molar-refractivity contribution < 1.29 is 30.6 Å². The Labute approximate surface area is 115 Å². The van der Waals surface area contributed by atoms with Crippen LogP contribution in [-0.4, -0.2) is 65.5 Å². The average molecular weight is 286 g/mol. The number of hydrogen-bond donors (Lipinski definition) is 6. The fraction of sp³-hybridized carbons (Fsp3) is 0.500. The van der Waals surface area contributed by atoms with E-state index in [1.807, 2.05) is 0 Å². The van der Waals surface area contributed by atoms with Crippen LogP contribution in [0.15, 0.2) is 24.7 Å². The Bertz CT molecular complexity index is 424. The lowest BCUT2D eigenvalue weighted by Gasteiger charge is -2.20. The minimum atomic E-state index is -1.58. The molecule has 20 heavy (non-hydrogen) atoms. The van der Waals surface area contributed by atoms with Crippen LogP contribution in [0.1, 0.15) is 17.5 Å². The smallest absolute Gasteiger partial charge is 0.126 e. The number of aliphatic hydroxyl groups excluding tert-OH is 6. The zero-order valence-electron chi connectivity index (χ0n) is 10.6. The van der Waals surface area contributed by atoms with Gasteiger partial charge in [-0.05, 0) is 6.08 Å². The molecule has 4 atom stereocenters. The standard InChI is InChI=1S/C12H18N2O6/c15-2-1-8(17)3-7-4-14-9(5-13-7)11(19)12(20)10(18)6-16/h1-2,4-5,8,10-12,15-20H,3,6H2/b2-1+/t8-,10-,11-,12-/m1/s1. The molecule has 0 radical (unpaired) electrons. The van der Waals surface area contributed by atoms with E-state index in [1.165, 1.54) is 18.5 Å². The molecule has 0 saturated heterocycles. The zero-order valence-corrected chi connectivity index (χ0v) is 10.6. The first-order valence-electron chi connectivity index (χ1n) is 5.94. The second kappa shape index (κ2) is 7.88. The summed E-state index contributed by atoms with van der Waals surface area (Å²) in [4.78, 5) is 7.80. The van der Waals surface area contributed by atoms with Crippen LogP contribution in [-0.2, 0) is 6.42 Å². The quantitative estimate of drug-likeness (QED) is 0.322. The average Bonchev–Trinajstić information content (AvgIpc) is 2.46. The van der Waals surface area contributed by atoms with Crippen molar-refractivity contribution in [1.82, 2.24) is 9.97 Å². The number of hydrogen-bond acceptors (Lipinski definition) is 8. The van der Waals surface area contributed by atoms with Gasteiger partial charge in [0.25, 0.3) is 0 Å². The van der Waals surface area contributed by atoms with Crippen LogP contribution in [0, 0.1) is 0 Å². The fourth-order valence-corrected chi connectivity index (χ4v) is 1.50. The molecule has 1 aromatic heterocycles. The number of aliphatic hydroxyl groups is 6. The summed E-state index contributed by atoms with van der Waals surface area (Å²) in [6.07, 6.45) is -0.941. The van der Waals surface area contributed by atoms with Gasteiger partial charge in [0.2, 0.25) is 0 Å². The van der Waals surface area contributed by atoms with Gasteiger partial charge in [0, 0.05) is 12.6 Å². The molecule has 1 heterocycles. The van der Waals surface area contributed by atoms with E-state index in [1.54, 1.807) is 0 Å². The molecule has 0 aliphatic rings. The maximum Gasteiger partial charge on any atom is 0.126 e. The van der Waals surface area contributed by atoms with Crippen molar-refractivity contribution >= 4 is 0 Å². The van der Waals surface area contributed by atoms with Crippen molar-refractivity contribution in [1.29, 1.82) is 0 Å². The summed E-state index contributed by atoms with van der Waals surface area (Å²) in [6.45, 7) is -0.691. The molecule has 0 aliphatic carbocycles. The molecule has 0 unspecified atom stereocenters. The molecule has 0 bridgehead atoms. The summed E-state index contributed by atoms with van der Waals surface area (Å²) < 4.78 is 0. The highest BCUT2D eigenvalue weighted by molar-refractivity contribution is 5.08. The number of aromatic nitrogens is 2. The Hall–Kier alpha value is -1.58. The lowest BCUT2D eigenvalue weighted by atomic mass is 10.1. The summed E-state index contributed by atoms with van der Waals surface area (Å²) in [5.41, 5.74) is 0.449. The van der Waals surface area contributed by atoms with E-state index in [0.29, 0.717) is 5.69 Å². The molecular weight excluding hydrogens is 268 g/mol. The largest absolute Gasteiger partial charge is 0.516 e. The number of rotatable bonds is 7. The molecule has 8 heteroatoms. The van der Waals surface area contributed by atoms with Crippen LogP contribution in [0.2, 0.25) is 0 Å². The summed E-state index contributed by atoms with van der Waals surface area (Å²) in [7, 11) is 0. The summed E-state index contributed by atoms with van der Waals surface area (Å²) >= 11 is 0. The van der Waals surface area contributed by atoms with Crippen LogP contribution >= 0.6 is 0 Å². The summed E-state index contributed by atoms with van der Waals surface area (Å²) in [5.74, 6) is 0. The molecule has 0 aromatic carbocycles. The SMILES string of the molecule is O/C=C/[C@@H](O)Cc1cnc([C@@H](O)[C@H](O)[C@H](O)CO)cn1. The third-order valence-electron chi connectivity index (χ3n) is 2.66. The minimum absolute atomic E-state index is 0.0286. The molecule has 6 N–H and O–H groups in total. The van der Waals surface area contributed by atoms with Gasteiger partial charge in [0.05, 0.1) is 36.6 Å². The second-order valence-electron chi connectivity index (χ2n) is 4.23. The first-order valence-corrected chi connectivity index (χ1v) is 5.94. The van der Waals surface area contributed by atoms with Crippen molar-refractivity contribution in [2.24, 2.45) is 0 Å². The summed E-state index contributed by atoms with van der Waals surface area (Å²) in [5, 5.41) is 55.0.